The number of carboxylic acid groups (broad SMARTS) is 2. The summed E-state index contributed by atoms with van der Waals surface area (Å²) in [6.45, 7) is 1.20. The molecule has 0 radical (unpaired) electrons. The van der Waals surface area contributed by atoms with Crippen LogP contribution in [0.1, 0.15) is 13.3 Å². The zero-order chi connectivity index (χ0) is 9.72. The van der Waals surface area contributed by atoms with E-state index >= 15 is 0 Å². The van der Waals surface area contributed by atoms with Gasteiger partial charge >= 0.3 is 11.9 Å². The largest absolute Gasteiger partial charge is 0.481 e. The van der Waals surface area contributed by atoms with Gasteiger partial charge in [-0.3, -0.25) is 15.4 Å². The van der Waals surface area contributed by atoms with Crippen molar-refractivity contribution in [3.8, 4) is 0 Å². The Bertz CT molecular complexity index is 162. The Hall–Kier alpha value is -1.14. The van der Waals surface area contributed by atoms with E-state index in [1.54, 1.807) is 6.92 Å². The molecule has 12 heavy (non-hydrogen) atoms. The predicted molar refractivity (Wildman–Crippen MR) is 40.2 cm³/mol. The minimum atomic E-state index is -1.07. The highest BCUT2D eigenvalue weighted by molar-refractivity contribution is 5.69. The van der Waals surface area contributed by atoms with Crippen LogP contribution >= 0.6 is 0 Å². The first-order chi connectivity index (χ1) is 5.43. The van der Waals surface area contributed by atoms with Crippen LogP contribution in [0.4, 0.5) is 0 Å². The molecule has 0 bridgehead atoms. The predicted octanol–water partition coefficient (Wildman–Crippen LogP) is -0.890. The lowest BCUT2D eigenvalue weighted by atomic mass is 10.2. The monoisotopic (exact) mass is 176 g/mol. The van der Waals surface area contributed by atoms with Crippen LogP contribution in [0.25, 0.3) is 0 Å². The Labute approximate surface area is 69.5 Å². The van der Waals surface area contributed by atoms with E-state index in [-0.39, 0.29) is 13.0 Å². The van der Waals surface area contributed by atoms with Gasteiger partial charge in [-0.15, -0.1) is 0 Å². The van der Waals surface area contributed by atoms with E-state index in [4.69, 9.17) is 16.1 Å². The number of carboxylic acids is 2. The summed E-state index contributed by atoms with van der Waals surface area (Å²) in [5, 5.41) is 17.6. The van der Waals surface area contributed by atoms with E-state index in [1.807, 2.05) is 0 Å². The molecule has 1 unspecified atom stereocenters. The van der Waals surface area contributed by atoms with Crippen molar-refractivity contribution in [3.63, 3.8) is 0 Å². The lowest BCUT2D eigenvalue weighted by molar-refractivity contribution is -0.142. The van der Waals surface area contributed by atoms with Gasteiger partial charge in [0.1, 0.15) is 6.54 Å². The van der Waals surface area contributed by atoms with Crippen LogP contribution in [0.2, 0.25) is 0 Å². The van der Waals surface area contributed by atoms with E-state index in [2.05, 4.69) is 0 Å². The van der Waals surface area contributed by atoms with E-state index in [9.17, 15) is 9.59 Å². The summed E-state index contributed by atoms with van der Waals surface area (Å²) in [6.07, 6.45) is -0.163. The lowest BCUT2D eigenvalue weighted by Crippen LogP contribution is -2.43. The molecule has 0 saturated heterocycles. The molecule has 0 aromatic heterocycles. The first-order valence-corrected chi connectivity index (χ1v) is 3.38. The van der Waals surface area contributed by atoms with Gasteiger partial charge in [0, 0.05) is 6.04 Å². The SMILES string of the molecule is CC(CC(=O)O)N(N)CC(=O)O. The number of hydrogen-bond donors (Lipinski definition) is 3. The number of nitrogens with zero attached hydrogens (tertiary/aromatic N) is 1. The molecule has 0 heterocycles. The third-order valence-electron chi connectivity index (χ3n) is 1.35. The van der Waals surface area contributed by atoms with Crippen molar-refractivity contribution in [2.24, 2.45) is 5.84 Å². The molecule has 4 N–H and O–H groups in total. The Morgan fingerprint density at radius 1 is 1.42 bits per heavy atom. The number of nitrogens with two attached hydrogens (primary N) is 1. The maximum absolute atomic E-state index is 10.2. The fourth-order valence-corrected chi connectivity index (χ4v) is 0.682. The molecule has 0 aromatic carbocycles. The van der Waals surface area contributed by atoms with Crippen molar-refractivity contribution >= 4 is 11.9 Å². The topological polar surface area (TPSA) is 104 Å². The Morgan fingerprint density at radius 2 is 1.92 bits per heavy atom. The normalized spacial score (nSPS) is 12.9. The molecule has 0 aliphatic rings. The van der Waals surface area contributed by atoms with Gasteiger partial charge in [-0.25, -0.2) is 5.01 Å². The zero-order valence-corrected chi connectivity index (χ0v) is 6.73. The Morgan fingerprint density at radius 3 is 2.25 bits per heavy atom. The van der Waals surface area contributed by atoms with Gasteiger partial charge in [0.05, 0.1) is 6.42 Å². The lowest BCUT2D eigenvalue weighted by Gasteiger charge is -2.20. The molecule has 0 aromatic rings. The fraction of sp³-hybridized carbons (Fsp3) is 0.667. The molecule has 6 nitrogen and oxygen atoms in total. The van der Waals surface area contributed by atoms with Crippen LogP contribution < -0.4 is 5.84 Å². The fourth-order valence-electron chi connectivity index (χ4n) is 0.682. The van der Waals surface area contributed by atoms with E-state index in [1.165, 1.54) is 0 Å². The molecule has 0 rings (SSSR count). The molecule has 1 atom stereocenters. The van der Waals surface area contributed by atoms with Crippen molar-refractivity contribution in [1.82, 2.24) is 5.01 Å². The second-order valence-electron chi connectivity index (χ2n) is 2.51. The number of hydrogen-bond acceptors (Lipinski definition) is 4. The quantitative estimate of drug-likeness (QED) is 0.371. The summed E-state index contributed by atoms with van der Waals surface area (Å²) in [6, 6.07) is -0.474. The molecule has 0 fully saturated rings. The third-order valence-corrected chi connectivity index (χ3v) is 1.35. The highest BCUT2D eigenvalue weighted by atomic mass is 16.4. The molecule has 0 saturated carbocycles. The van der Waals surface area contributed by atoms with Crippen LogP contribution in [0, 0.1) is 0 Å². The average Bonchev–Trinajstić information content (AvgIpc) is 1.84. The second kappa shape index (κ2) is 4.68. The molecule has 0 spiro atoms. The number of aliphatic carboxylic acids is 2. The number of rotatable bonds is 5. The smallest absolute Gasteiger partial charge is 0.319 e. The molecular formula is C6H12N2O4. The summed E-state index contributed by atoms with van der Waals surface area (Å²) >= 11 is 0. The van der Waals surface area contributed by atoms with Crippen LogP contribution in [-0.2, 0) is 9.59 Å². The van der Waals surface area contributed by atoms with Crippen LogP contribution in [0.3, 0.4) is 0 Å². The van der Waals surface area contributed by atoms with Crippen LogP contribution in [0.5, 0.6) is 0 Å². The first-order valence-electron chi connectivity index (χ1n) is 3.38. The molecule has 0 aliphatic heterocycles. The van der Waals surface area contributed by atoms with E-state index in [0.717, 1.165) is 5.01 Å². The van der Waals surface area contributed by atoms with Crippen molar-refractivity contribution in [2.75, 3.05) is 6.54 Å². The summed E-state index contributed by atoms with van der Waals surface area (Å²) in [7, 11) is 0. The zero-order valence-electron chi connectivity index (χ0n) is 6.73. The molecule has 0 aliphatic carbocycles. The van der Waals surface area contributed by atoms with Gasteiger partial charge in [0.15, 0.2) is 0 Å². The summed E-state index contributed by atoms with van der Waals surface area (Å²) in [5.74, 6) is 3.18. The highest BCUT2D eigenvalue weighted by Gasteiger charge is 2.15. The standard InChI is InChI=1S/C6H12N2O4/c1-4(2-5(9)10)8(7)3-6(11)12/h4H,2-3,7H2,1H3,(H,9,10)(H,11,12). The van der Waals surface area contributed by atoms with Gasteiger partial charge in [-0.1, -0.05) is 0 Å². The minimum Gasteiger partial charge on any atom is -0.481 e. The first kappa shape index (κ1) is 10.9. The summed E-state index contributed by atoms with van der Waals surface area (Å²) in [4.78, 5) is 20.3. The van der Waals surface area contributed by atoms with Crippen molar-refractivity contribution in [1.29, 1.82) is 0 Å². The second-order valence-corrected chi connectivity index (χ2v) is 2.51. The van der Waals surface area contributed by atoms with Gasteiger partial charge in [-0.05, 0) is 6.92 Å². The molecular weight excluding hydrogens is 164 g/mol. The van der Waals surface area contributed by atoms with Gasteiger partial charge < -0.3 is 10.2 Å². The maximum atomic E-state index is 10.2. The van der Waals surface area contributed by atoms with Gasteiger partial charge in [0.2, 0.25) is 0 Å². The number of hydrazine groups is 1. The van der Waals surface area contributed by atoms with Crippen LogP contribution in [-0.4, -0.2) is 39.7 Å². The van der Waals surface area contributed by atoms with Crippen LogP contribution in [0.15, 0.2) is 0 Å². The third kappa shape index (κ3) is 4.64. The van der Waals surface area contributed by atoms with E-state index < -0.39 is 18.0 Å². The van der Waals surface area contributed by atoms with E-state index in [0.29, 0.717) is 0 Å². The van der Waals surface area contributed by atoms with Crippen molar-refractivity contribution in [3.05, 3.63) is 0 Å². The number of carbonyl (C=O) groups is 2. The van der Waals surface area contributed by atoms with Crippen molar-refractivity contribution < 1.29 is 19.8 Å². The Kier molecular flexibility index (Phi) is 4.24. The summed E-state index contributed by atoms with van der Waals surface area (Å²) in [5.41, 5.74) is 0. The highest BCUT2D eigenvalue weighted by Crippen LogP contribution is 1.97. The molecule has 70 valence electrons. The van der Waals surface area contributed by atoms with Crippen molar-refractivity contribution in [2.45, 2.75) is 19.4 Å². The minimum absolute atomic E-state index is 0.163. The summed E-state index contributed by atoms with van der Waals surface area (Å²) < 4.78 is 0. The maximum Gasteiger partial charge on any atom is 0.319 e. The van der Waals surface area contributed by atoms with Gasteiger partial charge in [-0.2, -0.15) is 0 Å². The van der Waals surface area contributed by atoms with Gasteiger partial charge in [0.25, 0.3) is 0 Å². The molecule has 6 heteroatoms. The molecule has 0 amide bonds. The average molecular weight is 176 g/mol. The Balaban J connectivity index is 3.83.